The second kappa shape index (κ2) is 9.22. The molecule has 0 N–H and O–H groups in total. The molecule has 0 bridgehead atoms. The summed E-state index contributed by atoms with van der Waals surface area (Å²) < 4.78 is 56.5. The van der Waals surface area contributed by atoms with Gasteiger partial charge in [-0.15, -0.1) is 0 Å². The minimum atomic E-state index is -3.93. The van der Waals surface area contributed by atoms with Crippen molar-refractivity contribution < 1.29 is 17.2 Å². The van der Waals surface area contributed by atoms with Gasteiger partial charge >= 0.3 is 0 Å². The van der Waals surface area contributed by atoms with Gasteiger partial charge < -0.3 is 4.57 Å². The number of hydrogen-bond donors (Lipinski definition) is 0. The summed E-state index contributed by atoms with van der Waals surface area (Å²) in [7, 11) is -3.93. The molecule has 35 heavy (non-hydrogen) atoms. The van der Waals surface area contributed by atoms with Crippen LogP contribution in [0.3, 0.4) is 0 Å². The highest BCUT2D eigenvalue weighted by Crippen LogP contribution is 2.36. The second-order valence-corrected chi connectivity index (χ2v) is 11.0. The van der Waals surface area contributed by atoms with Gasteiger partial charge in [0.05, 0.1) is 4.90 Å². The Morgan fingerprint density at radius 1 is 0.971 bits per heavy atom. The molecular formula is C27H23ClF2N2O2S. The number of sulfonamides is 1. The Morgan fingerprint density at radius 2 is 1.71 bits per heavy atom. The number of aromatic nitrogens is 1. The Hall–Kier alpha value is -3.00. The molecule has 5 rings (SSSR count). The summed E-state index contributed by atoms with van der Waals surface area (Å²) >= 11 is 6.05. The lowest BCUT2D eigenvalue weighted by Crippen LogP contribution is -2.34. The van der Waals surface area contributed by atoms with E-state index in [4.69, 9.17) is 11.6 Å². The van der Waals surface area contributed by atoms with Crippen LogP contribution in [-0.4, -0.2) is 30.4 Å². The van der Waals surface area contributed by atoms with Crippen molar-refractivity contribution in [3.05, 3.63) is 106 Å². The van der Waals surface area contributed by atoms with E-state index in [2.05, 4.69) is 23.6 Å². The second-order valence-electron chi connectivity index (χ2n) is 8.61. The fourth-order valence-electron chi connectivity index (χ4n) is 4.69. The molecule has 8 heteroatoms. The van der Waals surface area contributed by atoms with Crippen molar-refractivity contribution >= 4 is 38.1 Å². The van der Waals surface area contributed by atoms with Crippen LogP contribution in [0.4, 0.5) is 8.78 Å². The number of fused-ring (bicyclic) bond motifs is 1. The van der Waals surface area contributed by atoms with Crippen molar-refractivity contribution in [2.24, 2.45) is 0 Å². The quantitative estimate of drug-likeness (QED) is 0.310. The highest BCUT2D eigenvalue weighted by atomic mass is 35.5. The van der Waals surface area contributed by atoms with Crippen LogP contribution in [0.2, 0.25) is 5.02 Å². The molecule has 0 fully saturated rings. The van der Waals surface area contributed by atoms with E-state index in [0.29, 0.717) is 18.0 Å². The smallest absolute Gasteiger partial charge is 0.243 e. The summed E-state index contributed by atoms with van der Waals surface area (Å²) in [4.78, 5) is -0.246. The molecule has 1 aromatic heterocycles. The molecule has 0 saturated heterocycles. The molecular weight excluding hydrogens is 490 g/mol. The van der Waals surface area contributed by atoms with Crippen molar-refractivity contribution in [2.75, 3.05) is 13.1 Å². The van der Waals surface area contributed by atoms with Gasteiger partial charge in [-0.2, -0.15) is 4.31 Å². The van der Waals surface area contributed by atoms with Crippen LogP contribution in [0.5, 0.6) is 0 Å². The van der Waals surface area contributed by atoms with Gasteiger partial charge in [0.25, 0.3) is 0 Å². The molecule has 4 aromatic rings. The van der Waals surface area contributed by atoms with Crippen LogP contribution in [0.15, 0.2) is 77.7 Å². The minimum Gasteiger partial charge on any atom is -0.340 e. The zero-order chi connectivity index (χ0) is 24.7. The number of benzene rings is 3. The van der Waals surface area contributed by atoms with Crippen LogP contribution in [0, 0.1) is 18.6 Å². The zero-order valence-corrected chi connectivity index (χ0v) is 20.6. The number of hydrogen-bond acceptors (Lipinski definition) is 2. The molecule has 0 radical (unpaired) electrons. The van der Waals surface area contributed by atoms with E-state index in [1.54, 1.807) is 0 Å². The van der Waals surface area contributed by atoms with Crippen LogP contribution in [0.1, 0.15) is 23.2 Å². The van der Waals surface area contributed by atoms with Crippen LogP contribution in [-0.2, 0) is 16.6 Å². The average Bonchev–Trinajstić information content (AvgIpc) is 3.13. The van der Waals surface area contributed by atoms with Crippen molar-refractivity contribution in [1.82, 2.24) is 8.87 Å². The Labute approximate surface area is 208 Å². The molecule has 0 atom stereocenters. The molecule has 4 nitrogen and oxygen atoms in total. The highest BCUT2D eigenvalue weighted by Gasteiger charge is 2.28. The molecule has 0 aliphatic carbocycles. The van der Waals surface area contributed by atoms with Crippen molar-refractivity contribution in [3.63, 3.8) is 0 Å². The molecule has 2 heterocycles. The lowest BCUT2D eigenvalue weighted by Gasteiger charge is -2.26. The first-order valence-electron chi connectivity index (χ1n) is 11.2. The van der Waals surface area contributed by atoms with Gasteiger partial charge in [-0.1, -0.05) is 48.0 Å². The maximum atomic E-state index is 13.7. The van der Waals surface area contributed by atoms with Gasteiger partial charge in [0.2, 0.25) is 10.0 Å². The number of para-hydroxylation sites is 1. The van der Waals surface area contributed by atoms with E-state index in [-0.39, 0.29) is 18.0 Å². The van der Waals surface area contributed by atoms with E-state index in [0.717, 1.165) is 51.5 Å². The van der Waals surface area contributed by atoms with Crippen LogP contribution < -0.4 is 0 Å². The molecule has 1 aliphatic heterocycles. The summed E-state index contributed by atoms with van der Waals surface area (Å²) in [5.41, 5.74) is 5.52. The van der Waals surface area contributed by atoms with Gasteiger partial charge in [0.1, 0.15) is 0 Å². The third-order valence-corrected chi connectivity index (χ3v) is 8.62. The molecule has 180 valence electrons. The van der Waals surface area contributed by atoms with E-state index in [1.807, 2.05) is 42.5 Å². The lowest BCUT2D eigenvalue weighted by molar-refractivity contribution is 0.439. The summed E-state index contributed by atoms with van der Waals surface area (Å²) in [5.74, 6) is -2.25. The Bertz CT molecular complexity index is 1560. The number of halogens is 3. The SMILES string of the molecule is Cc1c(C2=CCN(S(=O)(=O)c3ccc(F)c(F)c3)CC2)c2ccccc2n1Cc1ccc(Cl)cc1. The zero-order valence-electron chi connectivity index (χ0n) is 19.0. The summed E-state index contributed by atoms with van der Waals surface area (Å²) in [6, 6.07) is 18.6. The standard InChI is InChI=1S/C27H23ClF2N2O2S/c1-18-27(23-4-2-3-5-26(23)32(18)17-19-6-8-21(28)9-7-19)20-12-14-31(15-13-20)35(33,34)22-10-11-24(29)25(30)16-22/h2-12,16H,13-15,17H2,1H3. The van der Waals surface area contributed by atoms with E-state index < -0.39 is 21.7 Å². The fraction of sp³-hybridized carbons (Fsp3) is 0.185. The predicted molar refractivity (Wildman–Crippen MR) is 135 cm³/mol. The fourth-order valence-corrected chi connectivity index (χ4v) is 6.21. The lowest BCUT2D eigenvalue weighted by atomic mass is 9.97. The number of rotatable bonds is 5. The average molecular weight is 513 g/mol. The molecule has 1 aliphatic rings. The van der Waals surface area contributed by atoms with Crippen molar-refractivity contribution in [2.45, 2.75) is 24.8 Å². The minimum absolute atomic E-state index is 0.160. The first kappa shape index (κ1) is 23.7. The largest absolute Gasteiger partial charge is 0.340 e. The third kappa shape index (κ3) is 4.40. The van der Waals surface area contributed by atoms with E-state index in [9.17, 15) is 17.2 Å². The molecule has 0 saturated carbocycles. The van der Waals surface area contributed by atoms with E-state index in [1.165, 1.54) is 4.31 Å². The van der Waals surface area contributed by atoms with Crippen LogP contribution in [0.25, 0.3) is 16.5 Å². The van der Waals surface area contributed by atoms with Gasteiger partial charge in [-0.05, 0) is 60.9 Å². The first-order chi connectivity index (χ1) is 16.8. The Morgan fingerprint density at radius 3 is 2.40 bits per heavy atom. The van der Waals surface area contributed by atoms with Crippen molar-refractivity contribution in [1.29, 1.82) is 0 Å². The van der Waals surface area contributed by atoms with Crippen LogP contribution >= 0.6 is 11.6 Å². The van der Waals surface area contributed by atoms with Gasteiger partial charge in [0, 0.05) is 46.8 Å². The van der Waals surface area contributed by atoms with Gasteiger partial charge in [0.15, 0.2) is 11.6 Å². The first-order valence-corrected chi connectivity index (χ1v) is 13.0. The highest BCUT2D eigenvalue weighted by molar-refractivity contribution is 7.89. The van der Waals surface area contributed by atoms with Gasteiger partial charge in [-0.3, -0.25) is 0 Å². The predicted octanol–water partition coefficient (Wildman–Crippen LogP) is 6.41. The molecule has 3 aromatic carbocycles. The normalized spacial score (nSPS) is 14.9. The molecule has 0 amide bonds. The van der Waals surface area contributed by atoms with E-state index >= 15 is 0 Å². The molecule has 0 spiro atoms. The Kier molecular flexibility index (Phi) is 6.25. The number of nitrogens with zero attached hydrogens (tertiary/aromatic N) is 2. The third-order valence-electron chi connectivity index (χ3n) is 6.51. The van der Waals surface area contributed by atoms with Gasteiger partial charge in [-0.25, -0.2) is 17.2 Å². The molecule has 0 unspecified atom stereocenters. The summed E-state index contributed by atoms with van der Waals surface area (Å²) in [6.45, 7) is 3.18. The topological polar surface area (TPSA) is 42.3 Å². The Balaban J connectivity index is 1.48. The monoisotopic (exact) mass is 512 g/mol. The maximum absolute atomic E-state index is 13.7. The maximum Gasteiger partial charge on any atom is 0.243 e. The summed E-state index contributed by atoms with van der Waals surface area (Å²) in [5, 5.41) is 1.81. The summed E-state index contributed by atoms with van der Waals surface area (Å²) in [6.07, 6.45) is 2.43. The van der Waals surface area contributed by atoms with Crippen molar-refractivity contribution in [3.8, 4) is 0 Å².